The van der Waals surface area contributed by atoms with Crippen LogP contribution in [0.3, 0.4) is 0 Å². The molecule has 12 heteroatoms. The minimum absolute atomic E-state index is 0.158. The monoisotopic (exact) mass is 484 g/mol. The smallest absolute Gasteiger partial charge is 0.354 e. The van der Waals surface area contributed by atoms with Crippen molar-refractivity contribution in [2.24, 2.45) is 0 Å². The first-order chi connectivity index (χ1) is 15.5. The van der Waals surface area contributed by atoms with Gasteiger partial charge in [0.2, 0.25) is 10.0 Å². The Morgan fingerprint density at radius 3 is 1.94 bits per heavy atom. The van der Waals surface area contributed by atoms with E-state index in [-0.39, 0.29) is 18.0 Å². The van der Waals surface area contributed by atoms with Crippen LogP contribution >= 0.6 is 0 Å². The number of piperazine rings is 2. The van der Waals surface area contributed by atoms with E-state index in [2.05, 4.69) is 26.8 Å². The summed E-state index contributed by atoms with van der Waals surface area (Å²) in [4.78, 5) is 15.2. The van der Waals surface area contributed by atoms with Gasteiger partial charge in [0.05, 0.1) is 10.5 Å². The first-order valence-corrected chi connectivity index (χ1v) is 12.2. The second-order valence-corrected chi connectivity index (χ2v) is 10.3. The molecular weight excluding hydrogens is 457 g/mol. The average Bonchev–Trinajstić information content (AvgIpc) is 2.79. The normalized spacial score (nSPS) is 19.2. The van der Waals surface area contributed by atoms with E-state index in [9.17, 15) is 21.6 Å². The van der Waals surface area contributed by atoms with Crippen LogP contribution in [0, 0.1) is 6.92 Å². The predicted molar refractivity (Wildman–Crippen MR) is 119 cm³/mol. The lowest BCUT2D eigenvalue weighted by Crippen LogP contribution is -2.49. The maximum absolute atomic E-state index is 13.0. The van der Waals surface area contributed by atoms with E-state index in [0.717, 1.165) is 49.9 Å². The lowest BCUT2D eigenvalue weighted by Gasteiger charge is -2.36. The molecular formula is C21H27F3N6O2S. The van der Waals surface area contributed by atoms with Gasteiger partial charge in [0.1, 0.15) is 17.5 Å². The molecule has 4 rings (SSSR count). The highest BCUT2D eigenvalue weighted by atomic mass is 32.2. The molecule has 0 N–H and O–H groups in total. The minimum atomic E-state index is -4.60. The van der Waals surface area contributed by atoms with Gasteiger partial charge in [0, 0.05) is 58.4 Å². The average molecular weight is 485 g/mol. The first-order valence-electron chi connectivity index (χ1n) is 10.8. The molecule has 1 aromatic carbocycles. The number of rotatable bonds is 4. The van der Waals surface area contributed by atoms with Crippen molar-refractivity contribution in [2.75, 3.05) is 69.2 Å². The van der Waals surface area contributed by atoms with Crippen LogP contribution in [0.1, 0.15) is 11.4 Å². The number of aromatic nitrogens is 2. The van der Waals surface area contributed by atoms with Gasteiger partial charge in [-0.15, -0.1) is 0 Å². The lowest BCUT2D eigenvalue weighted by molar-refractivity contribution is -0.137. The number of halogens is 3. The highest BCUT2D eigenvalue weighted by Crippen LogP contribution is 2.31. The Hall–Kier alpha value is -2.44. The van der Waals surface area contributed by atoms with Crippen LogP contribution in [0.5, 0.6) is 0 Å². The van der Waals surface area contributed by atoms with E-state index in [1.54, 1.807) is 0 Å². The molecule has 0 atom stereocenters. The number of alkyl halides is 3. The number of nitrogens with zero attached hydrogens (tertiary/aromatic N) is 6. The van der Waals surface area contributed by atoms with Crippen LogP contribution in [0.2, 0.25) is 0 Å². The van der Waals surface area contributed by atoms with E-state index < -0.39 is 21.8 Å². The molecule has 0 amide bonds. The van der Waals surface area contributed by atoms with E-state index in [0.29, 0.717) is 25.0 Å². The van der Waals surface area contributed by atoms with Crippen LogP contribution in [0.25, 0.3) is 0 Å². The summed E-state index contributed by atoms with van der Waals surface area (Å²) in [7, 11) is -1.94. The number of anilines is 2. The van der Waals surface area contributed by atoms with Gasteiger partial charge in [-0.2, -0.15) is 17.5 Å². The number of hydrogen-bond donors (Lipinski definition) is 0. The molecule has 1 aromatic heterocycles. The summed E-state index contributed by atoms with van der Waals surface area (Å²) < 4.78 is 66.2. The molecule has 2 fully saturated rings. The number of hydrogen-bond acceptors (Lipinski definition) is 7. The van der Waals surface area contributed by atoms with E-state index >= 15 is 0 Å². The molecule has 3 heterocycles. The Morgan fingerprint density at radius 2 is 1.39 bits per heavy atom. The van der Waals surface area contributed by atoms with Crippen molar-refractivity contribution in [3.05, 3.63) is 41.7 Å². The Morgan fingerprint density at radius 1 is 0.848 bits per heavy atom. The highest BCUT2D eigenvalue weighted by Gasteiger charge is 2.34. The van der Waals surface area contributed by atoms with Gasteiger partial charge in [0.25, 0.3) is 0 Å². The fourth-order valence-electron chi connectivity index (χ4n) is 4.04. The zero-order chi connectivity index (χ0) is 23.8. The van der Waals surface area contributed by atoms with Gasteiger partial charge < -0.3 is 14.7 Å². The van der Waals surface area contributed by atoms with Gasteiger partial charge >= 0.3 is 6.18 Å². The molecule has 2 aliphatic heterocycles. The summed E-state index contributed by atoms with van der Waals surface area (Å²) >= 11 is 0. The summed E-state index contributed by atoms with van der Waals surface area (Å²) in [6.45, 7) is 6.56. The summed E-state index contributed by atoms with van der Waals surface area (Å²) in [6.07, 6.45) is -4.60. The topological polar surface area (TPSA) is 72.9 Å². The largest absolute Gasteiger partial charge is 0.416 e. The van der Waals surface area contributed by atoms with Crippen molar-refractivity contribution in [1.82, 2.24) is 19.2 Å². The third-order valence-corrected chi connectivity index (χ3v) is 7.89. The third kappa shape index (κ3) is 5.22. The van der Waals surface area contributed by atoms with Crippen LogP contribution in [-0.4, -0.2) is 87.0 Å². The number of aryl methyl sites for hydroxylation is 1. The van der Waals surface area contributed by atoms with Crippen LogP contribution in [0.4, 0.5) is 24.8 Å². The SMILES string of the molecule is Cc1nc(N2CCN(C)CC2)cc(N2CCN(S(=O)(=O)c3cccc(C(F)(F)F)c3)CC2)n1. The summed E-state index contributed by atoms with van der Waals surface area (Å²) in [5.74, 6) is 2.22. The molecule has 180 valence electrons. The molecule has 0 radical (unpaired) electrons. The Balaban J connectivity index is 1.47. The summed E-state index contributed by atoms with van der Waals surface area (Å²) in [6, 6.07) is 5.81. The fraction of sp³-hybridized carbons (Fsp3) is 0.524. The minimum Gasteiger partial charge on any atom is -0.354 e. The van der Waals surface area contributed by atoms with E-state index in [1.165, 1.54) is 10.4 Å². The molecule has 0 bridgehead atoms. The van der Waals surface area contributed by atoms with Crippen molar-refractivity contribution >= 4 is 21.7 Å². The summed E-state index contributed by atoms with van der Waals surface area (Å²) in [5, 5.41) is 0. The number of sulfonamides is 1. The van der Waals surface area contributed by atoms with E-state index in [4.69, 9.17) is 0 Å². The Bertz CT molecular complexity index is 1100. The lowest BCUT2D eigenvalue weighted by atomic mass is 10.2. The van der Waals surface area contributed by atoms with Gasteiger partial charge in [-0.3, -0.25) is 0 Å². The third-order valence-electron chi connectivity index (χ3n) is 6.00. The van der Waals surface area contributed by atoms with Crippen molar-refractivity contribution in [2.45, 2.75) is 18.0 Å². The number of benzene rings is 1. The maximum atomic E-state index is 13.0. The van der Waals surface area contributed by atoms with Crippen molar-refractivity contribution in [1.29, 1.82) is 0 Å². The van der Waals surface area contributed by atoms with Gasteiger partial charge in [-0.25, -0.2) is 18.4 Å². The zero-order valence-corrected chi connectivity index (χ0v) is 19.4. The molecule has 0 spiro atoms. The van der Waals surface area contributed by atoms with Crippen molar-refractivity contribution < 1.29 is 21.6 Å². The standard InChI is InChI=1S/C21H27F3N6O2S/c1-16-25-19(28-8-6-27(2)7-9-28)15-20(26-16)29-10-12-30(13-11-29)33(31,32)18-5-3-4-17(14-18)21(22,23)24/h3-5,14-15H,6-13H2,1-2H3. The molecule has 0 aliphatic carbocycles. The van der Waals surface area contributed by atoms with E-state index in [1.807, 2.05) is 17.9 Å². The maximum Gasteiger partial charge on any atom is 0.416 e. The number of likely N-dealkylation sites (N-methyl/N-ethyl adjacent to an activating group) is 1. The highest BCUT2D eigenvalue weighted by molar-refractivity contribution is 7.89. The van der Waals surface area contributed by atoms with Crippen molar-refractivity contribution in [3.8, 4) is 0 Å². The second kappa shape index (κ2) is 9.07. The van der Waals surface area contributed by atoms with Crippen LogP contribution in [-0.2, 0) is 16.2 Å². The molecule has 0 unspecified atom stereocenters. The Kier molecular flexibility index (Phi) is 6.52. The fourth-order valence-corrected chi connectivity index (χ4v) is 5.50. The molecule has 33 heavy (non-hydrogen) atoms. The second-order valence-electron chi connectivity index (χ2n) is 8.34. The van der Waals surface area contributed by atoms with Crippen LogP contribution < -0.4 is 9.80 Å². The Labute approximate surface area is 191 Å². The quantitative estimate of drug-likeness (QED) is 0.658. The van der Waals surface area contributed by atoms with Gasteiger partial charge in [-0.1, -0.05) is 6.07 Å². The van der Waals surface area contributed by atoms with Crippen molar-refractivity contribution in [3.63, 3.8) is 0 Å². The molecule has 2 aliphatic rings. The summed E-state index contributed by atoms with van der Waals surface area (Å²) in [5.41, 5.74) is -0.977. The molecule has 2 saturated heterocycles. The molecule has 0 saturated carbocycles. The van der Waals surface area contributed by atoms with Gasteiger partial charge in [0.15, 0.2) is 0 Å². The predicted octanol–water partition coefficient (Wildman–Crippen LogP) is 2.07. The molecule has 2 aromatic rings. The van der Waals surface area contributed by atoms with Crippen LogP contribution in [0.15, 0.2) is 35.2 Å². The zero-order valence-electron chi connectivity index (χ0n) is 18.6. The first kappa shape index (κ1) is 23.7. The molecule has 8 nitrogen and oxygen atoms in total. The van der Waals surface area contributed by atoms with Gasteiger partial charge in [-0.05, 0) is 32.2 Å².